The fourth-order valence-electron chi connectivity index (χ4n) is 2.50. The molecule has 0 saturated carbocycles. The summed E-state index contributed by atoms with van der Waals surface area (Å²) in [5, 5.41) is 13.8. The van der Waals surface area contributed by atoms with E-state index < -0.39 is 10.8 Å². The van der Waals surface area contributed by atoms with Gasteiger partial charge in [-0.1, -0.05) is 13.0 Å². The Labute approximate surface area is 138 Å². The molecule has 0 bridgehead atoms. The van der Waals surface area contributed by atoms with Crippen LogP contribution in [0.15, 0.2) is 42.7 Å². The van der Waals surface area contributed by atoms with E-state index in [0.29, 0.717) is 23.3 Å². The summed E-state index contributed by atoms with van der Waals surface area (Å²) in [6, 6.07) is 8.47. The highest BCUT2D eigenvalue weighted by atomic mass is 16.6. The molecule has 1 amide bonds. The van der Waals surface area contributed by atoms with Crippen LogP contribution in [-0.4, -0.2) is 20.2 Å². The number of nitro groups is 1. The fourth-order valence-corrected chi connectivity index (χ4v) is 2.50. The summed E-state index contributed by atoms with van der Waals surface area (Å²) in [5.41, 5.74) is 2.97. The number of imidazole rings is 1. The van der Waals surface area contributed by atoms with Gasteiger partial charge in [-0.25, -0.2) is 4.98 Å². The van der Waals surface area contributed by atoms with Crippen molar-refractivity contribution in [2.75, 3.05) is 5.32 Å². The normalized spacial score (nSPS) is 10.8. The number of hydrogen-bond donors (Lipinski definition) is 1. The lowest BCUT2D eigenvalue weighted by molar-refractivity contribution is -0.385. The smallest absolute Gasteiger partial charge is 0.275 e. The lowest BCUT2D eigenvalue weighted by Gasteiger charge is -2.05. The number of carbonyl (C=O) groups excluding carboxylic acids is 1. The summed E-state index contributed by atoms with van der Waals surface area (Å²) < 4.78 is 1.75. The van der Waals surface area contributed by atoms with E-state index in [-0.39, 0.29) is 11.4 Å². The molecule has 2 heterocycles. The first kappa shape index (κ1) is 15.7. The van der Waals surface area contributed by atoms with Crippen LogP contribution in [0.4, 0.5) is 11.4 Å². The first-order valence-corrected chi connectivity index (χ1v) is 7.52. The van der Waals surface area contributed by atoms with Gasteiger partial charge in [0.1, 0.15) is 11.3 Å². The zero-order valence-corrected chi connectivity index (χ0v) is 13.3. The van der Waals surface area contributed by atoms with E-state index in [1.807, 2.05) is 32.2 Å². The van der Waals surface area contributed by atoms with Crippen LogP contribution in [0.2, 0.25) is 0 Å². The molecular formula is C17H16N4O3. The zero-order valence-electron chi connectivity index (χ0n) is 13.3. The molecule has 24 heavy (non-hydrogen) atoms. The van der Waals surface area contributed by atoms with Crippen LogP contribution in [0.5, 0.6) is 0 Å². The number of nitrogens with zero attached hydrogens (tertiary/aromatic N) is 3. The van der Waals surface area contributed by atoms with Crippen LogP contribution in [-0.2, 0) is 6.42 Å². The van der Waals surface area contributed by atoms with Crippen LogP contribution < -0.4 is 5.32 Å². The minimum atomic E-state index is -0.442. The predicted molar refractivity (Wildman–Crippen MR) is 90.4 cm³/mol. The van der Waals surface area contributed by atoms with E-state index in [4.69, 9.17) is 0 Å². The molecule has 1 N–H and O–H groups in total. The Morgan fingerprint density at radius 3 is 2.83 bits per heavy atom. The van der Waals surface area contributed by atoms with Crippen molar-refractivity contribution in [2.45, 2.75) is 20.3 Å². The average Bonchev–Trinajstić information content (AvgIpc) is 2.98. The molecular weight excluding hydrogens is 308 g/mol. The van der Waals surface area contributed by atoms with E-state index in [0.717, 1.165) is 5.56 Å². The molecule has 2 aromatic heterocycles. The van der Waals surface area contributed by atoms with Gasteiger partial charge in [0.25, 0.3) is 11.6 Å². The molecule has 0 aliphatic rings. The molecule has 122 valence electrons. The number of nitro benzene ring substituents is 1. The Morgan fingerprint density at radius 1 is 1.33 bits per heavy atom. The van der Waals surface area contributed by atoms with Crippen LogP contribution in [0.3, 0.4) is 0 Å². The topological polar surface area (TPSA) is 89.5 Å². The predicted octanol–water partition coefficient (Wildman–Crippen LogP) is 3.37. The second-order valence-electron chi connectivity index (χ2n) is 5.50. The summed E-state index contributed by atoms with van der Waals surface area (Å²) in [5.74, 6) is -0.408. The second kappa shape index (κ2) is 6.11. The molecule has 0 aliphatic carbocycles. The third-order valence-electron chi connectivity index (χ3n) is 3.77. The number of amides is 1. The molecule has 0 fully saturated rings. The molecule has 0 aliphatic heterocycles. The Hall–Kier alpha value is -3.22. The number of rotatable bonds is 4. The van der Waals surface area contributed by atoms with Gasteiger partial charge in [0.05, 0.1) is 4.92 Å². The van der Waals surface area contributed by atoms with Crippen molar-refractivity contribution >= 4 is 22.9 Å². The average molecular weight is 324 g/mol. The minimum absolute atomic E-state index is 0.000858. The third kappa shape index (κ3) is 2.96. The zero-order chi connectivity index (χ0) is 17.3. The quantitative estimate of drug-likeness (QED) is 0.588. The number of hydrogen-bond acceptors (Lipinski definition) is 4. The standard InChI is InChI=1S/C17H16N4O3/c1-3-12-4-5-13(9-15(12)21(23)24)18-17(22)14-10-20-7-6-11(2)8-16(20)19-14/h4-10H,3H2,1-2H3,(H,18,22). The maximum Gasteiger partial charge on any atom is 0.275 e. The van der Waals surface area contributed by atoms with Gasteiger partial charge < -0.3 is 9.72 Å². The molecule has 0 spiro atoms. The molecule has 0 radical (unpaired) electrons. The number of benzene rings is 1. The molecule has 7 heteroatoms. The Balaban J connectivity index is 1.88. The minimum Gasteiger partial charge on any atom is -0.320 e. The summed E-state index contributed by atoms with van der Waals surface area (Å²) in [4.78, 5) is 27.3. The van der Waals surface area contributed by atoms with Gasteiger partial charge in [-0.3, -0.25) is 14.9 Å². The highest BCUT2D eigenvalue weighted by molar-refractivity contribution is 6.03. The number of aromatic nitrogens is 2. The first-order chi connectivity index (χ1) is 11.5. The van der Waals surface area contributed by atoms with E-state index in [9.17, 15) is 14.9 Å². The Kier molecular flexibility index (Phi) is 3.99. The van der Waals surface area contributed by atoms with Gasteiger partial charge >= 0.3 is 0 Å². The largest absolute Gasteiger partial charge is 0.320 e. The molecule has 0 atom stereocenters. The SMILES string of the molecule is CCc1ccc(NC(=O)c2cn3ccc(C)cc3n2)cc1[N+](=O)[O-]. The summed E-state index contributed by atoms with van der Waals surface area (Å²) >= 11 is 0. The van der Waals surface area contributed by atoms with Gasteiger partial charge in [-0.15, -0.1) is 0 Å². The number of anilines is 1. The number of carbonyl (C=O) groups is 1. The van der Waals surface area contributed by atoms with Crippen LogP contribution in [0.25, 0.3) is 5.65 Å². The lowest BCUT2D eigenvalue weighted by atomic mass is 10.1. The number of pyridine rings is 1. The van der Waals surface area contributed by atoms with Crippen LogP contribution in [0.1, 0.15) is 28.5 Å². The molecule has 1 aromatic carbocycles. The van der Waals surface area contributed by atoms with Crippen molar-refractivity contribution in [3.05, 3.63) is 69.7 Å². The maximum atomic E-state index is 12.3. The highest BCUT2D eigenvalue weighted by Gasteiger charge is 2.16. The van der Waals surface area contributed by atoms with Crippen molar-refractivity contribution in [3.63, 3.8) is 0 Å². The summed E-state index contributed by atoms with van der Waals surface area (Å²) in [7, 11) is 0. The molecule has 3 aromatic rings. The van der Waals surface area contributed by atoms with E-state index in [2.05, 4.69) is 10.3 Å². The first-order valence-electron chi connectivity index (χ1n) is 7.52. The van der Waals surface area contributed by atoms with Crippen LogP contribution in [0, 0.1) is 17.0 Å². The Bertz CT molecular complexity index is 946. The highest BCUT2D eigenvalue weighted by Crippen LogP contribution is 2.24. The monoisotopic (exact) mass is 324 g/mol. The van der Waals surface area contributed by atoms with E-state index in [1.165, 1.54) is 6.07 Å². The van der Waals surface area contributed by atoms with Crippen molar-refractivity contribution in [2.24, 2.45) is 0 Å². The van der Waals surface area contributed by atoms with Gasteiger partial charge in [-0.05, 0) is 37.1 Å². The maximum absolute atomic E-state index is 12.3. The molecule has 0 saturated heterocycles. The third-order valence-corrected chi connectivity index (χ3v) is 3.77. The van der Waals surface area contributed by atoms with Crippen LogP contribution >= 0.6 is 0 Å². The van der Waals surface area contributed by atoms with Gasteiger partial charge in [0.2, 0.25) is 0 Å². The number of aryl methyl sites for hydroxylation is 2. The summed E-state index contributed by atoms with van der Waals surface area (Å²) in [6.45, 7) is 3.79. The van der Waals surface area contributed by atoms with Crippen molar-refractivity contribution in [1.29, 1.82) is 0 Å². The number of fused-ring (bicyclic) bond motifs is 1. The van der Waals surface area contributed by atoms with E-state index >= 15 is 0 Å². The van der Waals surface area contributed by atoms with Crippen molar-refractivity contribution in [3.8, 4) is 0 Å². The van der Waals surface area contributed by atoms with Gasteiger partial charge in [-0.2, -0.15) is 0 Å². The lowest BCUT2D eigenvalue weighted by Crippen LogP contribution is -2.12. The van der Waals surface area contributed by atoms with Gasteiger partial charge in [0, 0.05) is 29.7 Å². The van der Waals surface area contributed by atoms with Crippen molar-refractivity contribution < 1.29 is 9.72 Å². The van der Waals surface area contributed by atoms with E-state index in [1.54, 1.807) is 22.7 Å². The van der Waals surface area contributed by atoms with Gasteiger partial charge in [0.15, 0.2) is 0 Å². The second-order valence-corrected chi connectivity index (χ2v) is 5.50. The molecule has 7 nitrogen and oxygen atoms in total. The molecule has 0 unspecified atom stereocenters. The fraction of sp³-hybridized carbons (Fsp3) is 0.176. The van der Waals surface area contributed by atoms with Crippen molar-refractivity contribution in [1.82, 2.24) is 9.38 Å². The number of nitrogens with one attached hydrogen (secondary N) is 1. The Morgan fingerprint density at radius 2 is 2.12 bits per heavy atom. The molecule has 3 rings (SSSR count). The summed E-state index contributed by atoms with van der Waals surface area (Å²) in [6.07, 6.45) is 4.00.